The number of rotatable bonds is 3. The van der Waals surface area contributed by atoms with E-state index < -0.39 is 43.0 Å². The SMILES string of the molecule is CC1OC(CO)C(O)C(O)C1n1cc(C(=O)O)nn1. The fraction of sp³-hybridized carbons (Fsp3) is 0.700. The average Bonchev–Trinajstić information content (AvgIpc) is 2.83. The van der Waals surface area contributed by atoms with Crippen LogP contribution >= 0.6 is 0 Å². The Labute approximate surface area is 108 Å². The molecule has 0 saturated carbocycles. The average molecular weight is 273 g/mol. The molecule has 0 spiro atoms. The summed E-state index contributed by atoms with van der Waals surface area (Å²) in [4.78, 5) is 10.7. The number of aliphatic hydroxyl groups is 3. The van der Waals surface area contributed by atoms with Gasteiger partial charge in [-0.1, -0.05) is 5.21 Å². The fourth-order valence-corrected chi connectivity index (χ4v) is 2.18. The summed E-state index contributed by atoms with van der Waals surface area (Å²) in [5.74, 6) is -1.24. The van der Waals surface area contributed by atoms with E-state index in [0.29, 0.717) is 0 Å². The second kappa shape index (κ2) is 5.21. The Morgan fingerprint density at radius 1 is 1.47 bits per heavy atom. The molecule has 19 heavy (non-hydrogen) atoms. The molecule has 0 aliphatic carbocycles. The van der Waals surface area contributed by atoms with Crippen LogP contribution in [0, 0.1) is 0 Å². The van der Waals surface area contributed by atoms with Crippen LogP contribution in [-0.4, -0.2) is 72.4 Å². The number of ether oxygens (including phenoxy) is 1. The van der Waals surface area contributed by atoms with Crippen molar-refractivity contribution in [2.24, 2.45) is 0 Å². The molecule has 0 amide bonds. The number of carboxylic acids is 1. The quantitative estimate of drug-likeness (QED) is 0.497. The minimum Gasteiger partial charge on any atom is -0.476 e. The second-order valence-corrected chi connectivity index (χ2v) is 4.42. The highest BCUT2D eigenvalue weighted by Gasteiger charge is 2.44. The summed E-state index contributed by atoms with van der Waals surface area (Å²) in [5, 5.41) is 44.7. The predicted octanol–water partition coefficient (Wildman–Crippen LogP) is -1.98. The smallest absolute Gasteiger partial charge is 0.358 e. The lowest BCUT2D eigenvalue weighted by molar-refractivity contribution is -0.200. The van der Waals surface area contributed by atoms with Crippen molar-refractivity contribution in [3.05, 3.63) is 11.9 Å². The lowest BCUT2D eigenvalue weighted by atomic mass is 9.94. The fourth-order valence-electron chi connectivity index (χ4n) is 2.18. The predicted molar refractivity (Wildman–Crippen MR) is 59.5 cm³/mol. The maximum Gasteiger partial charge on any atom is 0.358 e. The van der Waals surface area contributed by atoms with Crippen molar-refractivity contribution in [3.8, 4) is 0 Å². The number of hydrogen-bond acceptors (Lipinski definition) is 7. The van der Waals surface area contributed by atoms with Gasteiger partial charge in [0.15, 0.2) is 5.69 Å². The Balaban J connectivity index is 2.25. The molecule has 2 rings (SSSR count). The Morgan fingerprint density at radius 3 is 2.68 bits per heavy atom. The zero-order chi connectivity index (χ0) is 14.2. The molecule has 1 aliphatic heterocycles. The van der Waals surface area contributed by atoms with Crippen molar-refractivity contribution in [1.82, 2.24) is 15.0 Å². The van der Waals surface area contributed by atoms with Gasteiger partial charge in [0.2, 0.25) is 0 Å². The first kappa shape index (κ1) is 13.9. The maximum atomic E-state index is 10.7. The molecular weight excluding hydrogens is 258 g/mol. The van der Waals surface area contributed by atoms with Gasteiger partial charge in [0.1, 0.15) is 24.4 Å². The molecule has 106 valence electrons. The normalized spacial score (nSPS) is 35.3. The molecule has 9 heteroatoms. The van der Waals surface area contributed by atoms with Crippen LogP contribution in [0.15, 0.2) is 6.20 Å². The number of carbonyl (C=O) groups is 1. The summed E-state index contributed by atoms with van der Waals surface area (Å²) in [7, 11) is 0. The topological polar surface area (TPSA) is 138 Å². The van der Waals surface area contributed by atoms with Crippen molar-refractivity contribution >= 4 is 5.97 Å². The molecule has 1 aromatic heterocycles. The molecule has 1 saturated heterocycles. The van der Waals surface area contributed by atoms with Gasteiger partial charge in [0, 0.05) is 0 Å². The van der Waals surface area contributed by atoms with Crippen LogP contribution in [0.5, 0.6) is 0 Å². The van der Waals surface area contributed by atoms with E-state index >= 15 is 0 Å². The monoisotopic (exact) mass is 273 g/mol. The number of carboxylic acid groups (broad SMARTS) is 1. The minimum absolute atomic E-state index is 0.266. The molecule has 5 unspecified atom stereocenters. The maximum absolute atomic E-state index is 10.7. The van der Waals surface area contributed by atoms with Gasteiger partial charge in [0.05, 0.1) is 18.9 Å². The van der Waals surface area contributed by atoms with Gasteiger partial charge < -0.3 is 25.2 Å². The van der Waals surface area contributed by atoms with Gasteiger partial charge in [-0.25, -0.2) is 9.48 Å². The summed E-state index contributed by atoms with van der Waals surface area (Å²) >= 11 is 0. The van der Waals surface area contributed by atoms with E-state index in [1.807, 2.05) is 0 Å². The lowest BCUT2D eigenvalue weighted by Gasteiger charge is -2.40. The molecular formula is C10H15N3O6. The standard InChI is InChI=1S/C10H15N3O6/c1-4-7(9(16)8(15)6(3-14)19-4)13-2-5(10(17)18)11-12-13/h2,4,6-9,14-16H,3H2,1H3,(H,17,18). The van der Waals surface area contributed by atoms with Crippen LogP contribution in [0.1, 0.15) is 23.5 Å². The summed E-state index contributed by atoms with van der Waals surface area (Å²) in [5.41, 5.74) is -0.266. The van der Waals surface area contributed by atoms with Crippen molar-refractivity contribution in [1.29, 1.82) is 0 Å². The molecule has 0 bridgehead atoms. The van der Waals surface area contributed by atoms with Gasteiger partial charge in [0.25, 0.3) is 0 Å². The molecule has 1 aliphatic rings. The van der Waals surface area contributed by atoms with Crippen LogP contribution in [-0.2, 0) is 4.74 Å². The zero-order valence-corrected chi connectivity index (χ0v) is 10.1. The van der Waals surface area contributed by atoms with Crippen molar-refractivity contribution in [2.75, 3.05) is 6.61 Å². The second-order valence-electron chi connectivity index (χ2n) is 4.42. The number of aromatic nitrogens is 3. The van der Waals surface area contributed by atoms with Gasteiger partial charge in [-0.3, -0.25) is 0 Å². The number of hydrogen-bond donors (Lipinski definition) is 4. The molecule has 1 fully saturated rings. The highest BCUT2D eigenvalue weighted by molar-refractivity contribution is 5.84. The van der Waals surface area contributed by atoms with E-state index in [0.717, 1.165) is 10.9 Å². The molecule has 9 nitrogen and oxygen atoms in total. The first-order valence-corrected chi connectivity index (χ1v) is 5.73. The van der Waals surface area contributed by atoms with Crippen LogP contribution in [0.25, 0.3) is 0 Å². The highest BCUT2D eigenvalue weighted by Crippen LogP contribution is 2.29. The third kappa shape index (κ3) is 2.45. The number of nitrogens with zero attached hydrogens (tertiary/aromatic N) is 3. The lowest BCUT2D eigenvalue weighted by Crippen LogP contribution is -2.55. The molecule has 0 radical (unpaired) electrons. The first-order chi connectivity index (χ1) is 8.95. The van der Waals surface area contributed by atoms with Crippen LogP contribution in [0.2, 0.25) is 0 Å². The Hall–Kier alpha value is -1.55. The van der Waals surface area contributed by atoms with Gasteiger partial charge >= 0.3 is 5.97 Å². The van der Waals surface area contributed by atoms with Crippen LogP contribution in [0.3, 0.4) is 0 Å². The number of aromatic carboxylic acids is 1. The summed E-state index contributed by atoms with van der Waals surface area (Å²) in [6.45, 7) is 1.21. The van der Waals surface area contributed by atoms with Gasteiger partial charge in [-0.2, -0.15) is 0 Å². The Kier molecular flexibility index (Phi) is 3.80. The largest absolute Gasteiger partial charge is 0.476 e. The summed E-state index contributed by atoms with van der Waals surface area (Å²) < 4.78 is 6.51. The minimum atomic E-state index is -1.29. The molecule has 4 N–H and O–H groups in total. The Morgan fingerprint density at radius 2 is 2.16 bits per heavy atom. The van der Waals surface area contributed by atoms with E-state index in [9.17, 15) is 15.0 Å². The van der Waals surface area contributed by atoms with Gasteiger partial charge in [-0.15, -0.1) is 5.10 Å². The van der Waals surface area contributed by atoms with Crippen LogP contribution in [0.4, 0.5) is 0 Å². The van der Waals surface area contributed by atoms with Crippen molar-refractivity contribution in [2.45, 2.75) is 37.4 Å². The third-order valence-corrected chi connectivity index (χ3v) is 3.17. The van der Waals surface area contributed by atoms with E-state index in [1.165, 1.54) is 0 Å². The van der Waals surface area contributed by atoms with E-state index in [4.69, 9.17) is 14.9 Å². The molecule has 2 heterocycles. The van der Waals surface area contributed by atoms with E-state index in [2.05, 4.69) is 10.3 Å². The first-order valence-electron chi connectivity index (χ1n) is 5.73. The van der Waals surface area contributed by atoms with Crippen molar-refractivity contribution in [3.63, 3.8) is 0 Å². The molecule has 1 aromatic rings. The highest BCUT2D eigenvalue weighted by atomic mass is 16.5. The third-order valence-electron chi connectivity index (χ3n) is 3.17. The van der Waals surface area contributed by atoms with Gasteiger partial charge in [-0.05, 0) is 6.92 Å². The summed E-state index contributed by atoms with van der Waals surface area (Å²) in [6.07, 6.45) is -2.84. The van der Waals surface area contributed by atoms with E-state index in [-0.39, 0.29) is 5.69 Å². The van der Waals surface area contributed by atoms with Crippen LogP contribution < -0.4 is 0 Å². The summed E-state index contributed by atoms with van der Waals surface area (Å²) in [6, 6.07) is -0.779. The molecule has 5 atom stereocenters. The van der Waals surface area contributed by atoms with E-state index in [1.54, 1.807) is 6.92 Å². The zero-order valence-electron chi connectivity index (χ0n) is 10.1. The van der Waals surface area contributed by atoms with Crippen molar-refractivity contribution < 1.29 is 30.0 Å². The number of aliphatic hydroxyl groups excluding tert-OH is 3. The Bertz CT molecular complexity index is 464. The molecule has 0 aromatic carbocycles.